The molecule has 0 aromatic heterocycles. The van der Waals surface area contributed by atoms with E-state index in [1.807, 2.05) is 0 Å². The maximum atomic E-state index is 11.8. The number of nitrogens with one attached hydrogen (secondary N) is 1. The number of carbonyl (C=O) groups excluding carboxylic acids is 1. The first-order valence-electron chi connectivity index (χ1n) is 6.65. The maximum absolute atomic E-state index is 11.8. The summed E-state index contributed by atoms with van der Waals surface area (Å²) in [6.07, 6.45) is 8.13. The molecule has 0 aliphatic heterocycles. The fourth-order valence-electron chi connectivity index (χ4n) is 2.35. The van der Waals surface area contributed by atoms with E-state index in [1.54, 1.807) is 0 Å². The highest BCUT2D eigenvalue weighted by atomic mass is 16.2. The third kappa shape index (κ3) is 4.97. The van der Waals surface area contributed by atoms with Gasteiger partial charge in [-0.2, -0.15) is 0 Å². The Labute approximate surface area is 99.2 Å². The van der Waals surface area contributed by atoms with Gasteiger partial charge in [0.25, 0.3) is 0 Å². The normalized spacial score (nSPS) is 20.5. The molecule has 0 radical (unpaired) electrons. The van der Waals surface area contributed by atoms with E-state index in [-0.39, 0.29) is 11.9 Å². The van der Waals surface area contributed by atoms with Crippen LogP contribution in [0, 0.1) is 5.92 Å². The minimum Gasteiger partial charge on any atom is -0.352 e. The first kappa shape index (κ1) is 13.5. The molecule has 94 valence electrons. The van der Waals surface area contributed by atoms with E-state index in [0.717, 1.165) is 19.3 Å². The summed E-state index contributed by atoms with van der Waals surface area (Å²) in [4.78, 5) is 11.8. The highest BCUT2D eigenvalue weighted by molar-refractivity contribution is 5.81. The van der Waals surface area contributed by atoms with Crippen molar-refractivity contribution in [3.63, 3.8) is 0 Å². The smallest absolute Gasteiger partial charge is 0.237 e. The fourth-order valence-corrected chi connectivity index (χ4v) is 2.35. The minimum absolute atomic E-state index is 0.0422. The van der Waals surface area contributed by atoms with E-state index < -0.39 is 0 Å². The Bertz CT molecular complexity index is 208. The van der Waals surface area contributed by atoms with Crippen LogP contribution in [0.4, 0.5) is 0 Å². The average molecular weight is 226 g/mol. The number of carbonyl (C=O) groups is 1. The van der Waals surface area contributed by atoms with Crippen molar-refractivity contribution in [2.45, 2.75) is 70.9 Å². The minimum atomic E-state index is -0.330. The zero-order valence-electron chi connectivity index (χ0n) is 10.7. The summed E-state index contributed by atoms with van der Waals surface area (Å²) in [5, 5.41) is 3.10. The second kappa shape index (κ2) is 6.89. The fraction of sp³-hybridized carbons (Fsp3) is 0.923. The van der Waals surface area contributed by atoms with Crippen LogP contribution in [0.15, 0.2) is 0 Å². The predicted octanol–water partition coefficient (Wildman–Crippen LogP) is 2.20. The van der Waals surface area contributed by atoms with Crippen LogP contribution >= 0.6 is 0 Å². The molecule has 0 spiro atoms. The Morgan fingerprint density at radius 1 is 1.25 bits per heavy atom. The Balaban J connectivity index is 2.31. The molecule has 0 aromatic carbocycles. The molecule has 1 fully saturated rings. The van der Waals surface area contributed by atoms with Gasteiger partial charge in [-0.25, -0.2) is 0 Å². The first-order chi connectivity index (χ1) is 7.59. The average Bonchev–Trinajstić information content (AvgIpc) is 2.45. The van der Waals surface area contributed by atoms with E-state index in [4.69, 9.17) is 5.73 Å². The van der Waals surface area contributed by atoms with Crippen LogP contribution in [0.5, 0.6) is 0 Å². The quantitative estimate of drug-likeness (QED) is 0.722. The van der Waals surface area contributed by atoms with Gasteiger partial charge in [-0.1, -0.05) is 39.5 Å². The molecule has 1 aliphatic carbocycles. The third-order valence-electron chi connectivity index (χ3n) is 3.26. The van der Waals surface area contributed by atoms with Crippen molar-refractivity contribution in [2.24, 2.45) is 11.7 Å². The molecule has 3 heteroatoms. The zero-order chi connectivity index (χ0) is 12.0. The summed E-state index contributed by atoms with van der Waals surface area (Å²) in [6.45, 7) is 4.19. The van der Waals surface area contributed by atoms with Crippen molar-refractivity contribution in [1.29, 1.82) is 0 Å². The Morgan fingerprint density at radius 3 is 2.31 bits per heavy atom. The van der Waals surface area contributed by atoms with Gasteiger partial charge in [0.15, 0.2) is 0 Å². The number of hydrogen-bond acceptors (Lipinski definition) is 2. The topological polar surface area (TPSA) is 55.1 Å². The molecule has 16 heavy (non-hydrogen) atoms. The van der Waals surface area contributed by atoms with Crippen molar-refractivity contribution in [2.75, 3.05) is 0 Å². The molecule has 1 aliphatic rings. The van der Waals surface area contributed by atoms with Crippen molar-refractivity contribution in [3.8, 4) is 0 Å². The molecule has 0 bridgehead atoms. The summed E-state index contributed by atoms with van der Waals surface area (Å²) in [6, 6.07) is 0.0384. The molecule has 1 rings (SSSR count). The first-order valence-corrected chi connectivity index (χ1v) is 6.65. The van der Waals surface area contributed by atoms with Crippen LogP contribution < -0.4 is 11.1 Å². The number of nitrogens with two attached hydrogens (primary N) is 1. The van der Waals surface area contributed by atoms with Crippen molar-refractivity contribution < 1.29 is 4.79 Å². The standard InChI is InChI=1S/C13H26N2O/c1-10(2)9-12(14)13(16)15-11-7-5-3-4-6-8-11/h10-12H,3-9,14H2,1-2H3,(H,15,16). The molecule has 3 nitrogen and oxygen atoms in total. The maximum Gasteiger partial charge on any atom is 0.237 e. The van der Waals surface area contributed by atoms with Crippen molar-refractivity contribution in [3.05, 3.63) is 0 Å². The molecule has 0 heterocycles. The van der Waals surface area contributed by atoms with Crippen LogP contribution in [0.1, 0.15) is 58.8 Å². The lowest BCUT2D eigenvalue weighted by atomic mass is 10.0. The lowest BCUT2D eigenvalue weighted by Gasteiger charge is -2.20. The summed E-state index contributed by atoms with van der Waals surface area (Å²) in [7, 11) is 0. The van der Waals surface area contributed by atoms with Crippen LogP contribution in [-0.2, 0) is 4.79 Å². The van der Waals surface area contributed by atoms with Crippen molar-refractivity contribution in [1.82, 2.24) is 5.32 Å². The second-order valence-corrected chi connectivity index (χ2v) is 5.43. The van der Waals surface area contributed by atoms with E-state index in [2.05, 4.69) is 19.2 Å². The summed E-state index contributed by atoms with van der Waals surface area (Å²) in [5.41, 5.74) is 5.86. The Hall–Kier alpha value is -0.570. The van der Waals surface area contributed by atoms with E-state index in [0.29, 0.717) is 12.0 Å². The largest absolute Gasteiger partial charge is 0.352 e. The van der Waals surface area contributed by atoms with E-state index in [9.17, 15) is 4.79 Å². The van der Waals surface area contributed by atoms with Crippen LogP contribution in [0.2, 0.25) is 0 Å². The van der Waals surface area contributed by atoms with Gasteiger partial charge in [0.05, 0.1) is 6.04 Å². The van der Waals surface area contributed by atoms with Gasteiger partial charge in [-0.3, -0.25) is 4.79 Å². The molecule has 1 amide bonds. The van der Waals surface area contributed by atoms with Gasteiger partial charge in [-0.05, 0) is 25.2 Å². The molecule has 0 saturated heterocycles. The van der Waals surface area contributed by atoms with Gasteiger partial charge < -0.3 is 11.1 Å². The SMILES string of the molecule is CC(C)CC(N)C(=O)NC1CCCCCC1. The number of hydrogen-bond donors (Lipinski definition) is 2. The van der Waals surface area contributed by atoms with Crippen LogP contribution in [0.25, 0.3) is 0 Å². The van der Waals surface area contributed by atoms with E-state index >= 15 is 0 Å². The predicted molar refractivity (Wildman–Crippen MR) is 67.1 cm³/mol. The molecule has 0 aromatic rings. The highest BCUT2D eigenvalue weighted by Crippen LogP contribution is 2.17. The summed E-state index contributed by atoms with van der Waals surface area (Å²) in [5.74, 6) is 0.524. The van der Waals surface area contributed by atoms with Crippen LogP contribution in [0.3, 0.4) is 0 Å². The van der Waals surface area contributed by atoms with Gasteiger partial charge in [-0.15, -0.1) is 0 Å². The molecule has 1 unspecified atom stereocenters. The third-order valence-corrected chi connectivity index (χ3v) is 3.26. The van der Waals surface area contributed by atoms with Crippen LogP contribution in [-0.4, -0.2) is 18.0 Å². The van der Waals surface area contributed by atoms with E-state index in [1.165, 1.54) is 25.7 Å². The molecule has 3 N–H and O–H groups in total. The van der Waals surface area contributed by atoms with Gasteiger partial charge in [0.1, 0.15) is 0 Å². The molecule has 1 atom stereocenters. The highest BCUT2D eigenvalue weighted by Gasteiger charge is 2.19. The van der Waals surface area contributed by atoms with Gasteiger partial charge >= 0.3 is 0 Å². The summed E-state index contributed by atoms with van der Waals surface area (Å²) < 4.78 is 0. The van der Waals surface area contributed by atoms with Gasteiger partial charge in [0, 0.05) is 6.04 Å². The second-order valence-electron chi connectivity index (χ2n) is 5.43. The molecular formula is C13H26N2O. The van der Waals surface area contributed by atoms with Gasteiger partial charge in [0.2, 0.25) is 5.91 Å². The monoisotopic (exact) mass is 226 g/mol. The lowest BCUT2D eigenvalue weighted by Crippen LogP contribution is -2.45. The van der Waals surface area contributed by atoms with Crippen molar-refractivity contribution >= 4 is 5.91 Å². The Kier molecular flexibility index (Phi) is 5.81. The Morgan fingerprint density at radius 2 is 1.81 bits per heavy atom. The molecule has 1 saturated carbocycles. The zero-order valence-corrected chi connectivity index (χ0v) is 10.7. The lowest BCUT2D eigenvalue weighted by molar-refractivity contribution is -0.123. The summed E-state index contributed by atoms with van der Waals surface area (Å²) >= 11 is 0. The number of amides is 1. The molecular weight excluding hydrogens is 200 g/mol. The number of rotatable bonds is 4.